The Morgan fingerprint density at radius 3 is 2.74 bits per heavy atom. The second kappa shape index (κ2) is 9.12. The highest BCUT2D eigenvalue weighted by atomic mass is 16.5. The van der Waals surface area contributed by atoms with Gasteiger partial charge in [0, 0.05) is 52.0 Å². The van der Waals surface area contributed by atoms with E-state index in [1.165, 1.54) is 0 Å². The molecule has 0 unspecified atom stereocenters. The van der Waals surface area contributed by atoms with Gasteiger partial charge in [-0.1, -0.05) is 18.2 Å². The zero-order valence-electron chi connectivity index (χ0n) is 16.0. The van der Waals surface area contributed by atoms with Crippen molar-refractivity contribution in [1.82, 2.24) is 19.6 Å². The lowest BCUT2D eigenvalue weighted by Gasteiger charge is -2.23. The van der Waals surface area contributed by atoms with Crippen molar-refractivity contribution in [3.63, 3.8) is 0 Å². The Kier molecular flexibility index (Phi) is 6.60. The molecule has 1 fully saturated rings. The van der Waals surface area contributed by atoms with Gasteiger partial charge in [0.25, 0.3) is 5.91 Å². The quantitative estimate of drug-likeness (QED) is 0.752. The maximum Gasteiger partial charge on any atom is 0.257 e. The summed E-state index contributed by atoms with van der Waals surface area (Å²) in [6, 6.07) is 9.72. The van der Waals surface area contributed by atoms with Crippen molar-refractivity contribution in [2.75, 3.05) is 53.6 Å². The number of carbonyl (C=O) groups is 1. The number of methoxy groups -OCH3 is 1. The summed E-state index contributed by atoms with van der Waals surface area (Å²) in [6.07, 6.45) is 3.38. The number of para-hydroxylation sites is 1. The van der Waals surface area contributed by atoms with Crippen LogP contribution in [0.15, 0.2) is 42.7 Å². The molecular formula is C20H28N4O3. The first kappa shape index (κ1) is 19.5. The van der Waals surface area contributed by atoms with Crippen LogP contribution in [0.1, 0.15) is 10.4 Å². The van der Waals surface area contributed by atoms with E-state index in [9.17, 15) is 9.90 Å². The smallest absolute Gasteiger partial charge is 0.257 e. The topological polar surface area (TPSA) is 70.8 Å². The molecule has 1 saturated heterocycles. The molecule has 0 radical (unpaired) electrons. The fourth-order valence-electron chi connectivity index (χ4n) is 3.59. The summed E-state index contributed by atoms with van der Waals surface area (Å²) in [6.45, 7) is 3.67. The molecule has 0 spiro atoms. The van der Waals surface area contributed by atoms with Crippen LogP contribution < -0.4 is 0 Å². The molecule has 27 heavy (non-hydrogen) atoms. The monoisotopic (exact) mass is 372 g/mol. The molecule has 1 amide bonds. The van der Waals surface area contributed by atoms with Crippen LogP contribution in [0.2, 0.25) is 0 Å². The lowest BCUT2D eigenvalue weighted by atomic mass is 9.96. The Morgan fingerprint density at radius 2 is 2.04 bits per heavy atom. The first-order chi connectivity index (χ1) is 13.1. The summed E-state index contributed by atoms with van der Waals surface area (Å²) < 4.78 is 6.83. The van der Waals surface area contributed by atoms with Gasteiger partial charge >= 0.3 is 0 Å². The summed E-state index contributed by atoms with van der Waals surface area (Å²) in [4.78, 5) is 16.9. The van der Waals surface area contributed by atoms with Gasteiger partial charge in [0.15, 0.2) is 0 Å². The molecule has 1 aromatic heterocycles. The third kappa shape index (κ3) is 4.74. The van der Waals surface area contributed by atoms with Gasteiger partial charge in [-0.25, -0.2) is 4.68 Å². The highest BCUT2D eigenvalue weighted by molar-refractivity contribution is 5.94. The molecule has 0 aliphatic carbocycles. The number of ether oxygens (including phenoxy) is 1. The molecule has 7 heteroatoms. The SMILES string of the molecule is COCCN(C)C[C@@H]1CN(C(=O)c2cnn(-c3ccccc3)c2)C[C@@H]1CO. The minimum atomic E-state index is -0.0299. The maximum atomic E-state index is 12.9. The highest BCUT2D eigenvalue weighted by Crippen LogP contribution is 2.25. The van der Waals surface area contributed by atoms with Gasteiger partial charge in [0.1, 0.15) is 0 Å². The number of carbonyl (C=O) groups excluding carboxylic acids is 1. The van der Waals surface area contributed by atoms with E-state index in [-0.39, 0.29) is 24.3 Å². The average Bonchev–Trinajstić information content (AvgIpc) is 3.34. The first-order valence-corrected chi connectivity index (χ1v) is 9.30. The number of hydrogen-bond donors (Lipinski definition) is 1. The Balaban J connectivity index is 1.64. The summed E-state index contributed by atoms with van der Waals surface area (Å²) in [5, 5.41) is 14.1. The van der Waals surface area contributed by atoms with Gasteiger partial charge in [-0.3, -0.25) is 4.79 Å². The van der Waals surface area contributed by atoms with E-state index in [1.54, 1.807) is 24.2 Å². The van der Waals surface area contributed by atoms with Crippen molar-refractivity contribution < 1.29 is 14.6 Å². The predicted octanol–water partition coefficient (Wildman–Crippen LogP) is 1.13. The highest BCUT2D eigenvalue weighted by Gasteiger charge is 2.35. The second-order valence-electron chi connectivity index (χ2n) is 7.18. The maximum absolute atomic E-state index is 12.9. The van der Waals surface area contributed by atoms with Crippen LogP contribution in [0, 0.1) is 11.8 Å². The minimum absolute atomic E-state index is 0.0299. The van der Waals surface area contributed by atoms with Crippen molar-refractivity contribution in [3.8, 4) is 5.69 Å². The lowest BCUT2D eigenvalue weighted by Crippen LogP contribution is -2.33. The van der Waals surface area contributed by atoms with E-state index in [0.29, 0.717) is 25.3 Å². The first-order valence-electron chi connectivity index (χ1n) is 9.30. The van der Waals surface area contributed by atoms with Gasteiger partial charge in [0.2, 0.25) is 0 Å². The van der Waals surface area contributed by atoms with Crippen molar-refractivity contribution in [3.05, 3.63) is 48.3 Å². The van der Waals surface area contributed by atoms with Crippen molar-refractivity contribution in [2.24, 2.45) is 11.8 Å². The van der Waals surface area contributed by atoms with Gasteiger partial charge in [-0.15, -0.1) is 0 Å². The van der Waals surface area contributed by atoms with Gasteiger partial charge < -0.3 is 19.6 Å². The number of hydrogen-bond acceptors (Lipinski definition) is 5. The Morgan fingerprint density at radius 1 is 1.30 bits per heavy atom. The van der Waals surface area contributed by atoms with Crippen LogP contribution in [-0.4, -0.2) is 84.1 Å². The number of aromatic nitrogens is 2. The number of benzene rings is 1. The normalized spacial score (nSPS) is 19.8. The van der Waals surface area contributed by atoms with E-state index in [1.807, 2.05) is 42.3 Å². The van der Waals surface area contributed by atoms with Crippen LogP contribution in [0.5, 0.6) is 0 Å². The molecular weight excluding hydrogens is 344 g/mol. The Bertz CT molecular complexity index is 734. The molecule has 3 rings (SSSR count). The molecule has 7 nitrogen and oxygen atoms in total. The molecule has 1 aromatic carbocycles. The Labute approximate surface area is 160 Å². The van der Waals surface area contributed by atoms with Crippen LogP contribution in [0.3, 0.4) is 0 Å². The van der Waals surface area contributed by atoms with Crippen LogP contribution >= 0.6 is 0 Å². The average molecular weight is 372 g/mol. The van der Waals surface area contributed by atoms with Crippen LogP contribution in [-0.2, 0) is 4.74 Å². The van der Waals surface area contributed by atoms with E-state index >= 15 is 0 Å². The van der Waals surface area contributed by atoms with Gasteiger partial charge in [0.05, 0.1) is 24.1 Å². The number of aliphatic hydroxyl groups is 1. The van der Waals surface area contributed by atoms with Crippen molar-refractivity contribution in [1.29, 1.82) is 0 Å². The third-order valence-corrected chi connectivity index (χ3v) is 5.17. The molecule has 1 aliphatic rings. The molecule has 1 N–H and O–H groups in total. The lowest BCUT2D eigenvalue weighted by molar-refractivity contribution is 0.0778. The third-order valence-electron chi connectivity index (χ3n) is 5.17. The molecule has 2 aromatic rings. The summed E-state index contributed by atoms with van der Waals surface area (Å²) in [5.41, 5.74) is 1.49. The van der Waals surface area contributed by atoms with E-state index < -0.39 is 0 Å². The number of likely N-dealkylation sites (tertiary alicyclic amines) is 1. The summed E-state index contributed by atoms with van der Waals surface area (Å²) in [7, 11) is 3.73. The van der Waals surface area contributed by atoms with Crippen molar-refractivity contribution in [2.45, 2.75) is 0 Å². The zero-order valence-corrected chi connectivity index (χ0v) is 16.0. The fourth-order valence-corrected chi connectivity index (χ4v) is 3.59. The minimum Gasteiger partial charge on any atom is -0.396 e. The van der Waals surface area contributed by atoms with E-state index in [4.69, 9.17) is 4.74 Å². The standard InChI is InChI=1S/C20H28N4O3/c1-22(8-9-27-2)11-17-12-23(13-18(17)15-25)20(26)16-10-21-24(14-16)19-6-4-3-5-7-19/h3-7,10,14,17-18,25H,8-9,11-13,15H2,1-2H3/t17-,18-/m1/s1. The Hall–Kier alpha value is -2.22. The molecule has 2 atom stereocenters. The second-order valence-corrected chi connectivity index (χ2v) is 7.18. The number of likely N-dealkylation sites (N-methyl/N-ethyl adjacent to an activating group) is 1. The predicted molar refractivity (Wildman–Crippen MR) is 103 cm³/mol. The number of amides is 1. The van der Waals surface area contributed by atoms with Crippen molar-refractivity contribution >= 4 is 5.91 Å². The van der Waals surface area contributed by atoms with E-state index in [0.717, 1.165) is 18.8 Å². The fraction of sp³-hybridized carbons (Fsp3) is 0.500. The largest absolute Gasteiger partial charge is 0.396 e. The number of rotatable bonds is 8. The molecule has 1 aliphatic heterocycles. The molecule has 0 saturated carbocycles. The zero-order chi connectivity index (χ0) is 19.2. The van der Waals surface area contributed by atoms with E-state index in [2.05, 4.69) is 10.00 Å². The molecule has 146 valence electrons. The van der Waals surface area contributed by atoms with Crippen LogP contribution in [0.4, 0.5) is 0 Å². The van der Waals surface area contributed by atoms with Gasteiger partial charge in [-0.2, -0.15) is 5.10 Å². The van der Waals surface area contributed by atoms with Crippen LogP contribution in [0.25, 0.3) is 5.69 Å². The van der Waals surface area contributed by atoms with Gasteiger partial charge in [-0.05, 0) is 25.1 Å². The number of aliphatic hydroxyl groups excluding tert-OH is 1. The summed E-state index contributed by atoms with van der Waals surface area (Å²) >= 11 is 0. The summed E-state index contributed by atoms with van der Waals surface area (Å²) in [5.74, 6) is 0.325. The number of nitrogens with zero attached hydrogens (tertiary/aromatic N) is 4. The molecule has 2 heterocycles. The molecule has 0 bridgehead atoms.